The van der Waals surface area contributed by atoms with Gasteiger partial charge in [-0.2, -0.15) is 0 Å². The van der Waals surface area contributed by atoms with Gasteiger partial charge in [0.15, 0.2) is 0 Å². The third kappa shape index (κ3) is 4.61. The molecule has 0 saturated heterocycles. The lowest BCUT2D eigenvalue weighted by Crippen LogP contribution is -2.10. The highest BCUT2D eigenvalue weighted by Crippen LogP contribution is 2.25. The Balaban J connectivity index is 2.03. The van der Waals surface area contributed by atoms with E-state index in [-0.39, 0.29) is 5.12 Å². The maximum Gasteiger partial charge on any atom is 0.411 e. The first-order chi connectivity index (χ1) is 10.1. The molecule has 0 atom stereocenters. The minimum Gasteiger partial charge on any atom is -0.453 e. The minimum atomic E-state index is -0.527. The van der Waals surface area contributed by atoms with E-state index in [2.05, 4.69) is 26.0 Å². The van der Waals surface area contributed by atoms with Crippen LogP contribution in [0.2, 0.25) is 0 Å². The van der Waals surface area contributed by atoms with Gasteiger partial charge in [0.2, 0.25) is 5.12 Å². The number of carbonyl (C=O) groups excluding carboxylic acids is 2. The third-order valence-electron chi connectivity index (χ3n) is 2.56. The summed E-state index contributed by atoms with van der Waals surface area (Å²) in [6.07, 6.45) is -0.527. The number of hydrogen-bond acceptors (Lipinski definition) is 4. The summed E-state index contributed by atoms with van der Waals surface area (Å²) in [4.78, 5) is 24.0. The molecule has 2 rings (SSSR count). The van der Waals surface area contributed by atoms with Crippen LogP contribution in [0, 0.1) is 0 Å². The topological polar surface area (TPSA) is 55.4 Å². The van der Waals surface area contributed by atoms with E-state index in [0.717, 1.165) is 21.1 Å². The maximum absolute atomic E-state index is 12.1. The number of rotatable bonds is 3. The maximum atomic E-state index is 12.1. The molecule has 108 valence electrons. The van der Waals surface area contributed by atoms with Gasteiger partial charge in [-0.05, 0) is 48.2 Å². The van der Waals surface area contributed by atoms with Gasteiger partial charge in [-0.1, -0.05) is 28.1 Å². The quantitative estimate of drug-likeness (QED) is 0.810. The van der Waals surface area contributed by atoms with E-state index in [0.29, 0.717) is 11.3 Å². The van der Waals surface area contributed by atoms with Gasteiger partial charge in [-0.3, -0.25) is 10.1 Å². The molecule has 2 aromatic rings. The van der Waals surface area contributed by atoms with Gasteiger partial charge >= 0.3 is 6.09 Å². The van der Waals surface area contributed by atoms with E-state index in [1.54, 1.807) is 36.4 Å². The second kappa shape index (κ2) is 7.28. The van der Waals surface area contributed by atoms with Crippen molar-refractivity contribution in [2.45, 2.75) is 4.90 Å². The summed E-state index contributed by atoms with van der Waals surface area (Å²) in [7, 11) is 1.30. The molecule has 1 amide bonds. The predicted molar refractivity (Wildman–Crippen MR) is 86.8 cm³/mol. The molecular formula is C15H12BrNO3S. The van der Waals surface area contributed by atoms with Gasteiger partial charge in [-0.25, -0.2) is 4.79 Å². The van der Waals surface area contributed by atoms with Crippen molar-refractivity contribution in [3.8, 4) is 0 Å². The van der Waals surface area contributed by atoms with Crippen molar-refractivity contribution in [1.29, 1.82) is 0 Å². The highest BCUT2D eigenvalue weighted by atomic mass is 79.9. The molecule has 0 unspecified atom stereocenters. The zero-order valence-electron chi connectivity index (χ0n) is 11.1. The Labute approximate surface area is 135 Å². The van der Waals surface area contributed by atoms with Gasteiger partial charge in [0, 0.05) is 20.6 Å². The van der Waals surface area contributed by atoms with E-state index in [1.807, 2.05) is 12.1 Å². The molecule has 4 nitrogen and oxygen atoms in total. The lowest BCUT2D eigenvalue weighted by Gasteiger charge is -2.05. The number of benzene rings is 2. The number of halogens is 1. The molecule has 0 aliphatic rings. The van der Waals surface area contributed by atoms with E-state index in [4.69, 9.17) is 0 Å². The summed E-state index contributed by atoms with van der Waals surface area (Å²) in [6.45, 7) is 0. The van der Waals surface area contributed by atoms with E-state index < -0.39 is 6.09 Å². The molecule has 0 aliphatic heterocycles. The van der Waals surface area contributed by atoms with Crippen molar-refractivity contribution in [2.75, 3.05) is 12.4 Å². The van der Waals surface area contributed by atoms with Crippen LogP contribution in [0.4, 0.5) is 10.5 Å². The molecular weight excluding hydrogens is 354 g/mol. The molecule has 0 saturated carbocycles. The van der Waals surface area contributed by atoms with Crippen LogP contribution in [0.1, 0.15) is 10.4 Å². The van der Waals surface area contributed by atoms with Crippen LogP contribution in [-0.4, -0.2) is 18.3 Å². The molecule has 0 fully saturated rings. The number of methoxy groups -OCH3 is 1. The Morgan fingerprint density at radius 2 is 1.86 bits per heavy atom. The first-order valence-corrected chi connectivity index (χ1v) is 7.62. The fourth-order valence-electron chi connectivity index (χ4n) is 1.56. The van der Waals surface area contributed by atoms with Gasteiger partial charge in [-0.15, -0.1) is 0 Å². The smallest absolute Gasteiger partial charge is 0.411 e. The Morgan fingerprint density at radius 1 is 1.14 bits per heavy atom. The summed E-state index contributed by atoms with van der Waals surface area (Å²) in [6, 6.07) is 14.2. The summed E-state index contributed by atoms with van der Waals surface area (Å²) >= 11 is 4.48. The number of hydrogen-bond donors (Lipinski definition) is 1. The largest absolute Gasteiger partial charge is 0.453 e. The number of amides is 1. The molecule has 2 aromatic carbocycles. The van der Waals surface area contributed by atoms with Crippen molar-refractivity contribution in [3.05, 3.63) is 58.6 Å². The Morgan fingerprint density at radius 3 is 2.48 bits per heavy atom. The standard InChI is InChI=1S/C15H12BrNO3S/c1-20-15(19)17-12-5-7-13(8-6-12)21-14(18)10-3-2-4-11(16)9-10/h2-9H,1H3,(H,17,19). The minimum absolute atomic E-state index is 0.0371. The molecule has 21 heavy (non-hydrogen) atoms. The van der Waals surface area contributed by atoms with Crippen molar-refractivity contribution in [3.63, 3.8) is 0 Å². The average molecular weight is 366 g/mol. The number of anilines is 1. The van der Waals surface area contributed by atoms with Gasteiger partial charge in [0.25, 0.3) is 0 Å². The highest BCUT2D eigenvalue weighted by Gasteiger charge is 2.09. The average Bonchev–Trinajstić information content (AvgIpc) is 2.49. The molecule has 6 heteroatoms. The lowest BCUT2D eigenvalue weighted by molar-refractivity contribution is 0.108. The zero-order chi connectivity index (χ0) is 15.2. The molecule has 0 radical (unpaired) electrons. The van der Waals surface area contributed by atoms with Crippen LogP contribution in [0.15, 0.2) is 57.9 Å². The van der Waals surface area contributed by atoms with Crippen LogP contribution < -0.4 is 5.32 Å². The van der Waals surface area contributed by atoms with Crippen LogP contribution in [0.5, 0.6) is 0 Å². The number of carbonyl (C=O) groups is 2. The normalized spacial score (nSPS) is 10.0. The van der Waals surface area contributed by atoms with Crippen molar-refractivity contribution in [1.82, 2.24) is 0 Å². The second-order valence-corrected chi connectivity index (χ2v) is 6.00. The first-order valence-electron chi connectivity index (χ1n) is 6.01. The van der Waals surface area contributed by atoms with Crippen molar-refractivity contribution < 1.29 is 14.3 Å². The van der Waals surface area contributed by atoms with Gasteiger partial charge < -0.3 is 4.74 Å². The SMILES string of the molecule is COC(=O)Nc1ccc(SC(=O)c2cccc(Br)c2)cc1. The Hall–Kier alpha value is -1.79. The molecule has 0 spiro atoms. The van der Waals surface area contributed by atoms with Crippen molar-refractivity contribution >= 4 is 44.6 Å². The monoisotopic (exact) mass is 365 g/mol. The molecule has 1 N–H and O–H groups in total. The van der Waals surface area contributed by atoms with Gasteiger partial charge in [0.1, 0.15) is 0 Å². The number of nitrogens with one attached hydrogen (secondary N) is 1. The van der Waals surface area contributed by atoms with E-state index in [1.165, 1.54) is 7.11 Å². The van der Waals surface area contributed by atoms with E-state index >= 15 is 0 Å². The number of ether oxygens (including phenoxy) is 1. The van der Waals surface area contributed by atoms with Crippen LogP contribution in [0.25, 0.3) is 0 Å². The number of thioether (sulfide) groups is 1. The molecule has 0 aliphatic carbocycles. The highest BCUT2D eigenvalue weighted by molar-refractivity contribution is 9.10. The first kappa shape index (κ1) is 15.6. The summed E-state index contributed by atoms with van der Waals surface area (Å²) in [5.41, 5.74) is 1.24. The van der Waals surface area contributed by atoms with Crippen LogP contribution >= 0.6 is 27.7 Å². The van der Waals surface area contributed by atoms with Gasteiger partial charge in [0.05, 0.1) is 7.11 Å². The Bertz CT molecular complexity index is 658. The van der Waals surface area contributed by atoms with Crippen molar-refractivity contribution in [2.24, 2.45) is 0 Å². The summed E-state index contributed by atoms with van der Waals surface area (Å²) in [5.74, 6) is 0. The molecule has 0 aromatic heterocycles. The lowest BCUT2D eigenvalue weighted by atomic mass is 10.2. The Kier molecular flexibility index (Phi) is 5.41. The summed E-state index contributed by atoms with van der Waals surface area (Å²) in [5, 5.41) is 2.51. The fourth-order valence-corrected chi connectivity index (χ4v) is 2.69. The third-order valence-corrected chi connectivity index (χ3v) is 3.98. The van der Waals surface area contributed by atoms with Crippen LogP contribution in [0.3, 0.4) is 0 Å². The predicted octanol–water partition coefficient (Wildman–Crippen LogP) is 4.56. The molecule has 0 bridgehead atoms. The molecule has 0 heterocycles. The van der Waals surface area contributed by atoms with E-state index in [9.17, 15) is 9.59 Å². The zero-order valence-corrected chi connectivity index (χ0v) is 13.5. The summed E-state index contributed by atoms with van der Waals surface area (Å²) < 4.78 is 5.37. The second-order valence-electron chi connectivity index (χ2n) is 4.04. The van der Waals surface area contributed by atoms with Crippen LogP contribution in [-0.2, 0) is 4.74 Å². The fraction of sp³-hybridized carbons (Fsp3) is 0.0667.